The summed E-state index contributed by atoms with van der Waals surface area (Å²) in [5.41, 5.74) is 7.74. The van der Waals surface area contributed by atoms with Gasteiger partial charge in [0.05, 0.1) is 11.1 Å². The van der Waals surface area contributed by atoms with E-state index in [1.165, 1.54) is 0 Å². The lowest BCUT2D eigenvalue weighted by molar-refractivity contribution is -0.124. The molecular formula is C16H19N3O. The normalized spacial score (nSPS) is 11.3. The molecule has 104 valence electrons. The number of hydrogen-bond acceptors (Lipinski definition) is 3. The number of pyridine rings is 2. The van der Waals surface area contributed by atoms with Gasteiger partial charge in [-0.1, -0.05) is 13.8 Å². The number of nitrogens with zero attached hydrogens (tertiary/aromatic N) is 2. The van der Waals surface area contributed by atoms with Gasteiger partial charge in [-0.25, -0.2) is 0 Å². The van der Waals surface area contributed by atoms with E-state index in [2.05, 4.69) is 9.97 Å². The van der Waals surface area contributed by atoms with Crippen molar-refractivity contribution in [2.45, 2.75) is 32.1 Å². The van der Waals surface area contributed by atoms with Crippen LogP contribution in [0.4, 0.5) is 0 Å². The van der Waals surface area contributed by atoms with Crippen LogP contribution in [0.1, 0.15) is 32.4 Å². The van der Waals surface area contributed by atoms with Crippen molar-refractivity contribution >= 4 is 5.91 Å². The molecule has 20 heavy (non-hydrogen) atoms. The Labute approximate surface area is 119 Å². The highest BCUT2D eigenvalue weighted by Gasteiger charge is 2.36. The maximum atomic E-state index is 11.9. The number of aromatic nitrogens is 2. The van der Waals surface area contributed by atoms with Crippen molar-refractivity contribution in [3.05, 3.63) is 48.5 Å². The van der Waals surface area contributed by atoms with Crippen LogP contribution in [0, 0.1) is 0 Å². The van der Waals surface area contributed by atoms with Crippen LogP contribution in [0.25, 0.3) is 11.1 Å². The molecule has 0 aliphatic rings. The molecule has 2 heterocycles. The van der Waals surface area contributed by atoms with Crippen molar-refractivity contribution in [3.63, 3.8) is 0 Å². The zero-order valence-electron chi connectivity index (χ0n) is 11.8. The lowest BCUT2D eigenvalue weighted by atomic mass is 9.77. The summed E-state index contributed by atoms with van der Waals surface area (Å²) in [6.07, 6.45) is 6.51. The third kappa shape index (κ3) is 2.41. The van der Waals surface area contributed by atoms with E-state index in [4.69, 9.17) is 5.73 Å². The van der Waals surface area contributed by atoms with Crippen molar-refractivity contribution in [3.8, 4) is 11.1 Å². The van der Waals surface area contributed by atoms with Crippen LogP contribution < -0.4 is 5.73 Å². The third-order valence-corrected chi connectivity index (χ3v) is 3.94. The summed E-state index contributed by atoms with van der Waals surface area (Å²) in [4.78, 5) is 20.3. The fraction of sp³-hybridized carbons (Fsp3) is 0.312. The Morgan fingerprint density at radius 2 is 1.70 bits per heavy atom. The van der Waals surface area contributed by atoms with Gasteiger partial charge in [0.1, 0.15) is 0 Å². The Hall–Kier alpha value is -2.23. The number of carbonyl (C=O) groups is 1. The van der Waals surface area contributed by atoms with Crippen molar-refractivity contribution in [1.82, 2.24) is 9.97 Å². The van der Waals surface area contributed by atoms with Gasteiger partial charge in [-0.3, -0.25) is 14.8 Å². The van der Waals surface area contributed by atoms with Crippen molar-refractivity contribution in [2.75, 3.05) is 0 Å². The Morgan fingerprint density at radius 1 is 1.10 bits per heavy atom. The van der Waals surface area contributed by atoms with E-state index < -0.39 is 5.41 Å². The van der Waals surface area contributed by atoms with Gasteiger partial charge in [0, 0.05) is 18.6 Å². The van der Waals surface area contributed by atoms with Gasteiger partial charge in [0.2, 0.25) is 5.91 Å². The van der Waals surface area contributed by atoms with Crippen LogP contribution in [0.3, 0.4) is 0 Å². The minimum absolute atomic E-state index is 0.318. The fourth-order valence-electron chi connectivity index (χ4n) is 2.50. The summed E-state index contributed by atoms with van der Waals surface area (Å²) >= 11 is 0. The van der Waals surface area contributed by atoms with E-state index in [0.29, 0.717) is 12.8 Å². The van der Waals surface area contributed by atoms with E-state index in [-0.39, 0.29) is 5.91 Å². The van der Waals surface area contributed by atoms with Gasteiger partial charge in [0.15, 0.2) is 0 Å². The Balaban J connectivity index is 2.51. The molecule has 2 rings (SSSR count). The number of hydrogen-bond donors (Lipinski definition) is 1. The van der Waals surface area contributed by atoms with Crippen LogP contribution in [-0.4, -0.2) is 15.9 Å². The molecule has 0 bridgehead atoms. The first-order chi connectivity index (χ1) is 9.64. The molecule has 2 N–H and O–H groups in total. The van der Waals surface area contributed by atoms with Gasteiger partial charge in [-0.15, -0.1) is 0 Å². The summed E-state index contributed by atoms with van der Waals surface area (Å²) in [5.74, 6) is -0.318. The predicted octanol–water partition coefficient (Wildman–Crippen LogP) is 2.69. The second-order valence-electron chi connectivity index (χ2n) is 4.82. The molecule has 0 aliphatic heterocycles. The molecule has 4 nitrogen and oxygen atoms in total. The summed E-state index contributed by atoms with van der Waals surface area (Å²) in [7, 11) is 0. The molecule has 2 aromatic rings. The van der Waals surface area contributed by atoms with Crippen LogP contribution in [-0.2, 0) is 10.2 Å². The standard InChI is InChI=1S/C16H19N3O/c1-3-16(4-2,15(17)20)14-11-13(7-10-19-14)12-5-8-18-9-6-12/h5-11H,3-4H2,1-2H3,(H2,17,20). The minimum Gasteiger partial charge on any atom is -0.369 e. The Bertz CT molecular complexity index is 592. The molecular weight excluding hydrogens is 250 g/mol. The molecule has 0 saturated heterocycles. The van der Waals surface area contributed by atoms with Crippen LogP contribution in [0.2, 0.25) is 0 Å². The largest absolute Gasteiger partial charge is 0.369 e. The van der Waals surface area contributed by atoms with Crippen molar-refractivity contribution < 1.29 is 4.79 Å². The second kappa shape index (κ2) is 5.82. The van der Waals surface area contributed by atoms with Gasteiger partial charge >= 0.3 is 0 Å². The second-order valence-corrected chi connectivity index (χ2v) is 4.82. The maximum absolute atomic E-state index is 11.9. The summed E-state index contributed by atoms with van der Waals surface area (Å²) < 4.78 is 0. The number of primary amides is 1. The average Bonchev–Trinajstić information content (AvgIpc) is 2.50. The molecule has 2 aromatic heterocycles. The molecule has 0 unspecified atom stereocenters. The molecule has 4 heteroatoms. The number of nitrogens with two attached hydrogens (primary N) is 1. The summed E-state index contributed by atoms with van der Waals surface area (Å²) in [5, 5.41) is 0. The molecule has 0 aliphatic carbocycles. The Morgan fingerprint density at radius 3 is 2.25 bits per heavy atom. The minimum atomic E-state index is -0.691. The molecule has 0 fully saturated rings. The first kappa shape index (κ1) is 14.2. The van der Waals surface area contributed by atoms with Gasteiger partial charge in [-0.2, -0.15) is 0 Å². The number of carbonyl (C=O) groups excluding carboxylic acids is 1. The van der Waals surface area contributed by atoms with Gasteiger partial charge in [0.25, 0.3) is 0 Å². The average molecular weight is 269 g/mol. The topological polar surface area (TPSA) is 68.9 Å². The fourth-order valence-corrected chi connectivity index (χ4v) is 2.50. The van der Waals surface area contributed by atoms with E-state index in [0.717, 1.165) is 16.8 Å². The first-order valence-electron chi connectivity index (χ1n) is 6.81. The van der Waals surface area contributed by atoms with Crippen LogP contribution >= 0.6 is 0 Å². The quantitative estimate of drug-likeness (QED) is 0.907. The highest BCUT2D eigenvalue weighted by molar-refractivity contribution is 5.86. The predicted molar refractivity (Wildman–Crippen MR) is 78.9 cm³/mol. The van der Waals surface area contributed by atoms with E-state index >= 15 is 0 Å². The highest BCUT2D eigenvalue weighted by Crippen LogP contribution is 2.32. The lowest BCUT2D eigenvalue weighted by Crippen LogP contribution is -2.40. The van der Waals surface area contributed by atoms with E-state index in [1.54, 1.807) is 18.6 Å². The van der Waals surface area contributed by atoms with Crippen LogP contribution in [0.15, 0.2) is 42.9 Å². The number of rotatable bonds is 5. The van der Waals surface area contributed by atoms with Crippen LogP contribution in [0.5, 0.6) is 0 Å². The molecule has 0 atom stereocenters. The van der Waals surface area contributed by atoms with Crippen molar-refractivity contribution in [2.24, 2.45) is 5.73 Å². The highest BCUT2D eigenvalue weighted by atomic mass is 16.1. The molecule has 1 amide bonds. The number of amides is 1. The zero-order chi connectivity index (χ0) is 14.6. The third-order valence-electron chi connectivity index (χ3n) is 3.94. The monoisotopic (exact) mass is 269 g/mol. The Kier molecular flexibility index (Phi) is 4.13. The molecule has 0 spiro atoms. The van der Waals surface area contributed by atoms with Crippen molar-refractivity contribution in [1.29, 1.82) is 0 Å². The van der Waals surface area contributed by atoms with Gasteiger partial charge < -0.3 is 5.73 Å². The molecule has 0 saturated carbocycles. The lowest BCUT2D eigenvalue weighted by Gasteiger charge is -2.27. The maximum Gasteiger partial charge on any atom is 0.229 e. The SMILES string of the molecule is CCC(CC)(C(N)=O)c1cc(-c2ccncc2)ccn1. The zero-order valence-corrected chi connectivity index (χ0v) is 11.8. The first-order valence-corrected chi connectivity index (χ1v) is 6.81. The molecule has 0 radical (unpaired) electrons. The smallest absolute Gasteiger partial charge is 0.229 e. The summed E-state index contributed by atoms with van der Waals surface area (Å²) in [6.45, 7) is 3.93. The summed E-state index contributed by atoms with van der Waals surface area (Å²) in [6, 6.07) is 7.74. The van der Waals surface area contributed by atoms with E-state index in [1.807, 2.05) is 38.1 Å². The van der Waals surface area contributed by atoms with Gasteiger partial charge in [-0.05, 0) is 48.2 Å². The molecule has 0 aromatic carbocycles. The van der Waals surface area contributed by atoms with E-state index in [9.17, 15) is 4.79 Å².